The zero-order valence-corrected chi connectivity index (χ0v) is 16.1. The molecular weight excluding hydrogens is 370 g/mol. The molecule has 2 heterocycles. The summed E-state index contributed by atoms with van der Waals surface area (Å²) >= 11 is 0. The molecule has 0 fully saturated rings. The first-order chi connectivity index (χ1) is 14.2. The molecule has 0 aliphatic heterocycles. The Balaban J connectivity index is 1.70. The molecule has 0 saturated carbocycles. The first-order valence-electron chi connectivity index (χ1n) is 8.69. The SMILES string of the molecule is COc1cc(-c2cnc(-c3nc4ccc(C#N)cc4[nH]3)nc2)cc(OC)c1OC. The summed E-state index contributed by atoms with van der Waals surface area (Å²) in [4.78, 5) is 16.5. The molecule has 0 saturated heterocycles. The number of methoxy groups -OCH3 is 3. The second kappa shape index (κ2) is 7.48. The van der Waals surface area contributed by atoms with Gasteiger partial charge in [-0.05, 0) is 35.9 Å². The minimum absolute atomic E-state index is 0.455. The lowest BCUT2D eigenvalue weighted by atomic mass is 10.1. The molecule has 1 N–H and O–H groups in total. The maximum absolute atomic E-state index is 9.03. The monoisotopic (exact) mass is 387 g/mol. The van der Waals surface area contributed by atoms with E-state index in [0.717, 1.165) is 22.2 Å². The van der Waals surface area contributed by atoms with Gasteiger partial charge in [-0.25, -0.2) is 15.0 Å². The molecule has 0 spiro atoms. The van der Waals surface area contributed by atoms with Gasteiger partial charge in [-0.3, -0.25) is 0 Å². The molecule has 4 aromatic rings. The zero-order valence-electron chi connectivity index (χ0n) is 16.1. The summed E-state index contributed by atoms with van der Waals surface area (Å²) < 4.78 is 16.2. The molecule has 0 atom stereocenters. The predicted octanol–water partition coefficient (Wildman–Crippen LogP) is 3.58. The van der Waals surface area contributed by atoms with E-state index in [9.17, 15) is 0 Å². The maximum atomic E-state index is 9.03. The first-order valence-corrected chi connectivity index (χ1v) is 8.69. The van der Waals surface area contributed by atoms with Crippen LogP contribution in [0, 0.1) is 11.3 Å². The molecule has 0 amide bonds. The number of H-pyrrole nitrogens is 1. The number of nitrogens with zero attached hydrogens (tertiary/aromatic N) is 4. The van der Waals surface area contributed by atoms with Crippen LogP contribution in [0.5, 0.6) is 17.2 Å². The number of nitrogens with one attached hydrogen (secondary N) is 1. The van der Waals surface area contributed by atoms with E-state index in [1.165, 1.54) is 0 Å². The Labute approximate surface area is 166 Å². The normalized spacial score (nSPS) is 10.6. The molecule has 8 nitrogen and oxygen atoms in total. The molecule has 8 heteroatoms. The van der Waals surface area contributed by atoms with E-state index in [-0.39, 0.29) is 0 Å². The lowest BCUT2D eigenvalue weighted by Crippen LogP contribution is -1.96. The van der Waals surface area contributed by atoms with Crippen LogP contribution >= 0.6 is 0 Å². The van der Waals surface area contributed by atoms with Crippen molar-refractivity contribution in [2.75, 3.05) is 21.3 Å². The quantitative estimate of drug-likeness (QED) is 0.558. The molecule has 0 aliphatic rings. The predicted molar refractivity (Wildman–Crippen MR) is 107 cm³/mol. The third kappa shape index (κ3) is 3.30. The lowest BCUT2D eigenvalue weighted by Gasteiger charge is -2.14. The number of hydrogen-bond acceptors (Lipinski definition) is 7. The number of aromatic amines is 1. The van der Waals surface area contributed by atoms with Crippen LogP contribution in [0.2, 0.25) is 0 Å². The topological polar surface area (TPSA) is 106 Å². The van der Waals surface area contributed by atoms with E-state index < -0.39 is 0 Å². The highest BCUT2D eigenvalue weighted by Crippen LogP contribution is 2.41. The van der Waals surface area contributed by atoms with Crippen molar-refractivity contribution < 1.29 is 14.2 Å². The van der Waals surface area contributed by atoms with Gasteiger partial charge in [-0.15, -0.1) is 0 Å². The Bertz CT molecular complexity index is 1200. The summed E-state index contributed by atoms with van der Waals surface area (Å²) in [6.07, 6.45) is 3.41. The molecule has 144 valence electrons. The van der Waals surface area contributed by atoms with Gasteiger partial charge in [-0.1, -0.05) is 0 Å². The Morgan fingerprint density at radius 1 is 0.897 bits per heavy atom. The van der Waals surface area contributed by atoms with Crippen molar-refractivity contribution in [1.29, 1.82) is 5.26 Å². The van der Waals surface area contributed by atoms with Gasteiger partial charge in [0.15, 0.2) is 23.1 Å². The molecular formula is C21H17N5O3. The van der Waals surface area contributed by atoms with Gasteiger partial charge in [0.2, 0.25) is 5.75 Å². The van der Waals surface area contributed by atoms with Crippen LogP contribution in [0.15, 0.2) is 42.7 Å². The highest BCUT2D eigenvalue weighted by atomic mass is 16.5. The second-order valence-corrected chi connectivity index (χ2v) is 6.14. The summed E-state index contributed by atoms with van der Waals surface area (Å²) in [6.45, 7) is 0. The van der Waals surface area contributed by atoms with Gasteiger partial charge in [-0.2, -0.15) is 5.26 Å². The van der Waals surface area contributed by atoms with Gasteiger partial charge in [0.1, 0.15) is 0 Å². The van der Waals surface area contributed by atoms with E-state index in [2.05, 4.69) is 26.0 Å². The molecule has 0 aliphatic carbocycles. The van der Waals surface area contributed by atoms with Crippen molar-refractivity contribution in [3.63, 3.8) is 0 Å². The van der Waals surface area contributed by atoms with Gasteiger partial charge in [0.25, 0.3) is 0 Å². The van der Waals surface area contributed by atoms with Gasteiger partial charge in [0.05, 0.1) is 44.0 Å². The maximum Gasteiger partial charge on any atom is 0.203 e. The standard InChI is InChI=1S/C21H17N5O3/c1-27-17-7-13(8-18(28-2)19(17)29-3)14-10-23-20(24-11-14)21-25-15-5-4-12(9-22)6-16(15)26-21/h4-8,10-11H,1-3H3,(H,25,26). The molecule has 2 aromatic carbocycles. The van der Waals surface area contributed by atoms with Crippen LogP contribution in [-0.2, 0) is 0 Å². The smallest absolute Gasteiger partial charge is 0.203 e. The molecule has 0 radical (unpaired) electrons. The summed E-state index contributed by atoms with van der Waals surface area (Å²) in [5.41, 5.74) is 3.68. The van der Waals surface area contributed by atoms with Gasteiger partial charge in [0, 0.05) is 18.0 Å². The minimum atomic E-state index is 0.455. The summed E-state index contributed by atoms with van der Waals surface area (Å²) in [6, 6.07) is 11.0. The largest absolute Gasteiger partial charge is 0.493 e. The number of fused-ring (bicyclic) bond motifs is 1. The average Bonchev–Trinajstić information content (AvgIpc) is 3.21. The summed E-state index contributed by atoms with van der Waals surface area (Å²) in [5.74, 6) is 2.62. The van der Waals surface area contributed by atoms with Crippen LogP contribution in [0.25, 0.3) is 33.8 Å². The fourth-order valence-electron chi connectivity index (χ4n) is 3.03. The van der Waals surface area contributed by atoms with E-state index in [4.69, 9.17) is 19.5 Å². The van der Waals surface area contributed by atoms with Crippen LogP contribution < -0.4 is 14.2 Å². The Hall–Kier alpha value is -4.12. The number of imidazole rings is 1. The fraction of sp³-hybridized carbons (Fsp3) is 0.143. The zero-order chi connectivity index (χ0) is 20.4. The third-order valence-electron chi connectivity index (χ3n) is 4.47. The van der Waals surface area contributed by atoms with Crippen molar-refractivity contribution in [1.82, 2.24) is 19.9 Å². The van der Waals surface area contributed by atoms with Gasteiger partial charge < -0.3 is 19.2 Å². The lowest BCUT2D eigenvalue weighted by molar-refractivity contribution is 0.324. The number of ether oxygens (including phenoxy) is 3. The average molecular weight is 387 g/mol. The van der Waals surface area contributed by atoms with Crippen LogP contribution in [0.4, 0.5) is 0 Å². The van der Waals surface area contributed by atoms with E-state index in [1.54, 1.807) is 51.9 Å². The highest BCUT2D eigenvalue weighted by molar-refractivity contribution is 5.80. The van der Waals surface area contributed by atoms with Crippen molar-refractivity contribution in [3.05, 3.63) is 48.3 Å². The van der Waals surface area contributed by atoms with E-state index in [1.807, 2.05) is 12.1 Å². The van der Waals surface area contributed by atoms with Crippen molar-refractivity contribution >= 4 is 11.0 Å². The van der Waals surface area contributed by atoms with Crippen LogP contribution in [0.3, 0.4) is 0 Å². The number of benzene rings is 2. The molecule has 4 rings (SSSR count). The van der Waals surface area contributed by atoms with Crippen LogP contribution in [0.1, 0.15) is 5.56 Å². The Morgan fingerprint density at radius 3 is 2.17 bits per heavy atom. The van der Waals surface area contributed by atoms with Crippen molar-refractivity contribution in [2.24, 2.45) is 0 Å². The van der Waals surface area contributed by atoms with Crippen LogP contribution in [-0.4, -0.2) is 41.3 Å². The molecule has 2 aromatic heterocycles. The van der Waals surface area contributed by atoms with Gasteiger partial charge >= 0.3 is 0 Å². The Morgan fingerprint density at radius 2 is 1.59 bits per heavy atom. The number of rotatable bonds is 5. The van der Waals surface area contributed by atoms with Crippen molar-refractivity contribution in [2.45, 2.75) is 0 Å². The first kappa shape index (κ1) is 18.3. The minimum Gasteiger partial charge on any atom is -0.493 e. The molecule has 0 unspecified atom stereocenters. The van der Waals surface area contributed by atoms with Crippen molar-refractivity contribution in [3.8, 4) is 46.1 Å². The Kier molecular flexibility index (Phi) is 4.71. The van der Waals surface area contributed by atoms with E-state index >= 15 is 0 Å². The highest BCUT2D eigenvalue weighted by Gasteiger charge is 2.15. The fourth-order valence-corrected chi connectivity index (χ4v) is 3.03. The van der Waals surface area contributed by atoms with E-state index in [0.29, 0.717) is 34.5 Å². The molecule has 29 heavy (non-hydrogen) atoms. The second-order valence-electron chi connectivity index (χ2n) is 6.14. The third-order valence-corrected chi connectivity index (χ3v) is 4.47. The summed E-state index contributed by atoms with van der Waals surface area (Å²) in [7, 11) is 4.70. The number of nitriles is 1. The molecule has 0 bridgehead atoms. The number of hydrogen-bond donors (Lipinski definition) is 1. The number of aromatic nitrogens is 4. The summed E-state index contributed by atoms with van der Waals surface area (Å²) in [5, 5.41) is 9.03.